The molecular weight excluding hydrogens is 278 g/mol. The van der Waals surface area contributed by atoms with Crippen molar-refractivity contribution in [3.05, 3.63) is 35.9 Å². The van der Waals surface area contributed by atoms with Gasteiger partial charge in [0.2, 0.25) is 11.8 Å². The highest BCUT2D eigenvalue weighted by atomic mass is 16.2. The lowest BCUT2D eigenvalue weighted by Gasteiger charge is -2.27. The van der Waals surface area contributed by atoms with Crippen LogP contribution in [0.3, 0.4) is 0 Å². The van der Waals surface area contributed by atoms with Gasteiger partial charge < -0.3 is 16.0 Å². The number of benzene rings is 1. The summed E-state index contributed by atoms with van der Waals surface area (Å²) >= 11 is 0. The van der Waals surface area contributed by atoms with Crippen molar-refractivity contribution in [1.82, 2.24) is 10.2 Å². The highest BCUT2D eigenvalue weighted by Gasteiger charge is 2.38. The van der Waals surface area contributed by atoms with Crippen molar-refractivity contribution in [2.45, 2.75) is 38.8 Å². The van der Waals surface area contributed by atoms with Crippen LogP contribution in [0.25, 0.3) is 0 Å². The van der Waals surface area contributed by atoms with Gasteiger partial charge in [-0.15, -0.1) is 0 Å². The maximum Gasteiger partial charge on any atom is 0.225 e. The lowest BCUT2D eigenvalue weighted by atomic mass is 10.0. The third-order valence-corrected chi connectivity index (χ3v) is 4.25. The molecule has 0 aliphatic carbocycles. The first-order valence-corrected chi connectivity index (χ1v) is 7.70. The first kappa shape index (κ1) is 16.5. The molecule has 2 amide bonds. The standard InChI is InChI=1S/C17H25N3O2/c1-12(13-7-5-4-6-8-13)20-10-14(9-15(20)21)16(22)19-17(2,3)11-18/h4-8,12,14H,9-11,18H2,1-3H3,(H,19,22). The van der Waals surface area contributed by atoms with Crippen LogP contribution in [0.4, 0.5) is 0 Å². The molecular formula is C17H25N3O2. The number of hydrogen-bond acceptors (Lipinski definition) is 3. The Labute approximate surface area is 131 Å². The summed E-state index contributed by atoms with van der Waals surface area (Å²) in [5, 5.41) is 2.92. The Bertz CT molecular complexity index is 542. The molecule has 120 valence electrons. The third kappa shape index (κ3) is 3.65. The molecule has 2 atom stereocenters. The lowest BCUT2D eigenvalue weighted by molar-refractivity contribution is -0.130. The van der Waals surface area contributed by atoms with Crippen LogP contribution in [-0.4, -0.2) is 35.3 Å². The molecule has 1 aromatic rings. The van der Waals surface area contributed by atoms with Gasteiger partial charge in [0.15, 0.2) is 0 Å². The van der Waals surface area contributed by atoms with Crippen LogP contribution in [0.1, 0.15) is 38.8 Å². The van der Waals surface area contributed by atoms with Crippen molar-refractivity contribution in [3.63, 3.8) is 0 Å². The van der Waals surface area contributed by atoms with Crippen LogP contribution in [0.5, 0.6) is 0 Å². The SMILES string of the molecule is CC(c1ccccc1)N1CC(C(=O)NC(C)(C)CN)CC1=O. The van der Waals surface area contributed by atoms with Crippen LogP contribution >= 0.6 is 0 Å². The molecule has 0 bridgehead atoms. The van der Waals surface area contributed by atoms with Crippen molar-refractivity contribution < 1.29 is 9.59 Å². The summed E-state index contributed by atoms with van der Waals surface area (Å²) in [5.41, 5.74) is 6.28. The first-order chi connectivity index (χ1) is 10.3. The van der Waals surface area contributed by atoms with E-state index in [9.17, 15) is 9.59 Å². The largest absolute Gasteiger partial charge is 0.350 e. The molecule has 1 heterocycles. The number of carbonyl (C=O) groups is 2. The van der Waals surface area contributed by atoms with Crippen molar-refractivity contribution in [2.75, 3.05) is 13.1 Å². The second-order valence-corrected chi connectivity index (χ2v) is 6.61. The summed E-state index contributed by atoms with van der Waals surface area (Å²) in [7, 11) is 0. The highest BCUT2D eigenvalue weighted by Crippen LogP contribution is 2.28. The maximum atomic E-state index is 12.3. The Morgan fingerprint density at radius 2 is 2.05 bits per heavy atom. The minimum atomic E-state index is -0.446. The molecule has 2 rings (SSSR count). The molecule has 0 spiro atoms. The minimum Gasteiger partial charge on any atom is -0.350 e. The van der Waals surface area contributed by atoms with E-state index in [1.807, 2.05) is 51.1 Å². The van der Waals surface area contributed by atoms with Gasteiger partial charge >= 0.3 is 0 Å². The molecule has 1 fully saturated rings. The number of nitrogens with one attached hydrogen (secondary N) is 1. The van der Waals surface area contributed by atoms with E-state index >= 15 is 0 Å². The maximum absolute atomic E-state index is 12.3. The Morgan fingerprint density at radius 3 is 2.64 bits per heavy atom. The fourth-order valence-corrected chi connectivity index (χ4v) is 2.68. The Balaban J connectivity index is 2.03. The van der Waals surface area contributed by atoms with Crippen LogP contribution < -0.4 is 11.1 Å². The van der Waals surface area contributed by atoms with Gasteiger partial charge in [0.25, 0.3) is 0 Å². The Kier molecular flexibility index (Phi) is 4.86. The first-order valence-electron chi connectivity index (χ1n) is 7.70. The van der Waals surface area contributed by atoms with Crippen molar-refractivity contribution in [2.24, 2.45) is 11.7 Å². The zero-order valence-electron chi connectivity index (χ0n) is 13.5. The molecule has 5 heteroatoms. The van der Waals surface area contributed by atoms with E-state index in [-0.39, 0.29) is 30.2 Å². The second kappa shape index (κ2) is 6.48. The minimum absolute atomic E-state index is 0.0194. The van der Waals surface area contributed by atoms with E-state index < -0.39 is 5.54 Å². The molecule has 22 heavy (non-hydrogen) atoms. The normalized spacial score (nSPS) is 20.1. The van der Waals surface area contributed by atoms with Crippen LogP contribution in [0, 0.1) is 5.92 Å². The summed E-state index contributed by atoms with van der Waals surface area (Å²) in [6, 6.07) is 9.86. The van der Waals surface area contributed by atoms with Gasteiger partial charge in [-0.3, -0.25) is 9.59 Å². The molecule has 1 aromatic carbocycles. The van der Waals surface area contributed by atoms with E-state index in [1.165, 1.54) is 0 Å². The van der Waals surface area contributed by atoms with Crippen molar-refractivity contribution in [3.8, 4) is 0 Å². The number of hydrogen-bond donors (Lipinski definition) is 2. The number of amides is 2. The van der Waals surface area contributed by atoms with E-state index in [4.69, 9.17) is 5.73 Å². The molecule has 5 nitrogen and oxygen atoms in total. The van der Waals surface area contributed by atoms with Crippen LogP contribution in [-0.2, 0) is 9.59 Å². The Morgan fingerprint density at radius 1 is 1.41 bits per heavy atom. The number of likely N-dealkylation sites (tertiary alicyclic amines) is 1. The van der Waals surface area contributed by atoms with Crippen LogP contribution in [0.15, 0.2) is 30.3 Å². The third-order valence-electron chi connectivity index (χ3n) is 4.25. The molecule has 3 N–H and O–H groups in total. The van der Waals surface area contributed by atoms with Crippen molar-refractivity contribution >= 4 is 11.8 Å². The molecule has 1 aliphatic rings. The van der Waals surface area contributed by atoms with Gasteiger partial charge in [-0.2, -0.15) is 0 Å². The topological polar surface area (TPSA) is 75.4 Å². The summed E-state index contributed by atoms with van der Waals surface area (Å²) in [4.78, 5) is 26.4. The number of carbonyl (C=O) groups excluding carboxylic acids is 2. The summed E-state index contributed by atoms with van der Waals surface area (Å²) < 4.78 is 0. The summed E-state index contributed by atoms with van der Waals surface area (Å²) in [6.07, 6.45) is 0.268. The van der Waals surface area contributed by atoms with Gasteiger partial charge in [0, 0.05) is 25.0 Å². The monoisotopic (exact) mass is 303 g/mol. The Hall–Kier alpha value is -1.88. The van der Waals surface area contributed by atoms with E-state index in [0.29, 0.717) is 13.1 Å². The predicted octanol–water partition coefficient (Wildman–Crippen LogP) is 1.45. The second-order valence-electron chi connectivity index (χ2n) is 6.61. The number of rotatable bonds is 5. The summed E-state index contributed by atoms with van der Waals surface area (Å²) in [6.45, 7) is 6.58. The van der Waals surface area contributed by atoms with Gasteiger partial charge in [-0.25, -0.2) is 0 Å². The van der Waals surface area contributed by atoms with E-state index in [0.717, 1.165) is 5.56 Å². The zero-order valence-corrected chi connectivity index (χ0v) is 13.5. The van der Waals surface area contributed by atoms with E-state index in [1.54, 1.807) is 4.90 Å². The highest BCUT2D eigenvalue weighted by molar-refractivity contribution is 5.89. The molecule has 1 aliphatic heterocycles. The predicted molar refractivity (Wildman–Crippen MR) is 86.0 cm³/mol. The number of nitrogens with two attached hydrogens (primary N) is 1. The fraction of sp³-hybridized carbons (Fsp3) is 0.529. The quantitative estimate of drug-likeness (QED) is 0.864. The average Bonchev–Trinajstić information content (AvgIpc) is 2.89. The van der Waals surface area contributed by atoms with Crippen LogP contribution in [0.2, 0.25) is 0 Å². The van der Waals surface area contributed by atoms with Crippen molar-refractivity contribution in [1.29, 1.82) is 0 Å². The summed E-state index contributed by atoms with van der Waals surface area (Å²) in [5.74, 6) is -0.363. The van der Waals surface area contributed by atoms with Gasteiger partial charge in [-0.05, 0) is 26.3 Å². The smallest absolute Gasteiger partial charge is 0.225 e. The molecule has 0 saturated carbocycles. The van der Waals surface area contributed by atoms with Gasteiger partial charge in [0.05, 0.1) is 12.0 Å². The number of nitrogens with zero attached hydrogens (tertiary/aromatic N) is 1. The molecule has 0 radical (unpaired) electrons. The molecule has 1 saturated heterocycles. The zero-order chi connectivity index (χ0) is 16.3. The van der Waals surface area contributed by atoms with Gasteiger partial charge in [-0.1, -0.05) is 30.3 Å². The van der Waals surface area contributed by atoms with Gasteiger partial charge in [0.1, 0.15) is 0 Å². The lowest BCUT2D eigenvalue weighted by Crippen LogP contribution is -2.51. The average molecular weight is 303 g/mol. The molecule has 0 aromatic heterocycles. The van der Waals surface area contributed by atoms with E-state index in [2.05, 4.69) is 5.32 Å². The molecule has 2 unspecified atom stereocenters. The fourth-order valence-electron chi connectivity index (χ4n) is 2.68.